The molecule has 0 unspecified atom stereocenters. The fourth-order valence-electron chi connectivity index (χ4n) is 1.11. The molecule has 11 heavy (non-hydrogen) atoms. The zero-order valence-corrected chi connectivity index (χ0v) is 6.26. The van der Waals surface area contributed by atoms with Gasteiger partial charge in [0.05, 0.1) is 6.07 Å². The van der Waals surface area contributed by atoms with Crippen molar-refractivity contribution in [2.24, 2.45) is 0 Å². The highest BCUT2D eigenvalue weighted by Gasteiger charge is 2.15. The summed E-state index contributed by atoms with van der Waals surface area (Å²) in [5.74, 6) is 0.218. The Morgan fingerprint density at radius 3 is 3.00 bits per heavy atom. The molecule has 1 rings (SSSR count). The summed E-state index contributed by atoms with van der Waals surface area (Å²) >= 11 is 0. The van der Waals surface area contributed by atoms with E-state index in [1.54, 1.807) is 6.20 Å². The molecular formula is C8H10N2O. The number of ketones is 1. The molecule has 0 amide bonds. The van der Waals surface area contributed by atoms with Crippen molar-refractivity contribution in [1.82, 2.24) is 5.32 Å². The Labute approximate surface area is 65.7 Å². The molecule has 0 spiro atoms. The summed E-state index contributed by atoms with van der Waals surface area (Å²) in [6.07, 6.45) is 4.15. The summed E-state index contributed by atoms with van der Waals surface area (Å²) in [4.78, 5) is 11.0. The first-order valence-electron chi connectivity index (χ1n) is 3.67. The van der Waals surface area contributed by atoms with Gasteiger partial charge in [0.1, 0.15) is 6.54 Å². The molecule has 0 aromatic carbocycles. The van der Waals surface area contributed by atoms with Gasteiger partial charge in [0.2, 0.25) is 0 Å². The molecule has 0 bridgehead atoms. The third kappa shape index (κ3) is 2.08. The van der Waals surface area contributed by atoms with Crippen LogP contribution in [0.5, 0.6) is 0 Å². The van der Waals surface area contributed by atoms with E-state index in [0.29, 0.717) is 6.42 Å². The van der Waals surface area contributed by atoms with E-state index in [2.05, 4.69) is 5.32 Å². The Hall–Kier alpha value is -1.30. The molecule has 1 saturated carbocycles. The number of carbonyl (C=O) groups excluding carboxylic acids is 1. The van der Waals surface area contributed by atoms with Gasteiger partial charge in [0.15, 0.2) is 5.78 Å². The van der Waals surface area contributed by atoms with Crippen molar-refractivity contribution >= 4 is 5.78 Å². The second-order valence-corrected chi connectivity index (χ2v) is 2.49. The van der Waals surface area contributed by atoms with Crippen molar-refractivity contribution in [3.63, 3.8) is 0 Å². The second kappa shape index (κ2) is 3.77. The van der Waals surface area contributed by atoms with E-state index in [9.17, 15) is 4.79 Å². The lowest BCUT2D eigenvalue weighted by Crippen LogP contribution is -2.07. The number of rotatable bonds is 2. The molecule has 1 N–H and O–H groups in total. The topological polar surface area (TPSA) is 52.9 Å². The van der Waals surface area contributed by atoms with Gasteiger partial charge in [-0.05, 0) is 12.8 Å². The average Bonchev–Trinajstić information content (AvgIpc) is 2.37. The van der Waals surface area contributed by atoms with Gasteiger partial charge < -0.3 is 5.32 Å². The average molecular weight is 150 g/mol. The second-order valence-electron chi connectivity index (χ2n) is 2.49. The van der Waals surface area contributed by atoms with Gasteiger partial charge in [0.25, 0.3) is 0 Å². The standard InChI is InChI=1S/C8H10N2O/c9-4-5-10-6-7-2-1-3-8(7)11/h6,10H,1-3,5H2/b7-6-. The summed E-state index contributed by atoms with van der Waals surface area (Å²) in [6.45, 7) is 0.275. The van der Waals surface area contributed by atoms with Gasteiger partial charge >= 0.3 is 0 Å². The van der Waals surface area contributed by atoms with Crippen molar-refractivity contribution in [1.29, 1.82) is 5.26 Å². The van der Waals surface area contributed by atoms with Crippen molar-refractivity contribution in [3.05, 3.63) is 11.8 Å². The maximum Gasteiger partial charge on any atom is 0.160 e. The molecule has 0 heterocycles. The predicted octanol–water partition coefficient (Wildman–Crippen LogP) is 0.736. The fourth-order valence-corrected chi connectivity index (χ4v) is 1.11. The SMILES string of the molecule is N#CCN/C=C1/CCCC1=O. The van der Waals surface area contributed by atoms with E-state index in [0.717, 1.165) is 18.4 Å². The number of hydrogen-bond donors (Lipinski definition) is 1. The van der Waals surface area contributed by atoms with Crippen LogP contribution in [0.1, 0.15) is 19.3 Å². The first-order chi connectivity index (χ1) is 5.34. The Morgan fingerprint density at radius 2 is 2.45 bits per heavy atom. The molecular weight excluding hydrogens is 140 g/mol. The van der Waals surface area contributed by atoms with Gasteiger partial charge in [-0.1, -0.05) is 0 Å². The number of allylic oxidation sites excluding steroid dienone is 1. The number of nitriles is 1. The molecule has 0 radical (unpaired) electrons. The van der Waals surface area contributed by atoms with Gasteiger partial charge in [0, 0.05) is 18.2 Å². The van der Waals surface area contributed by atoms with E-state index in [-0.39, 0.29) is 12.3 Å². The molecule has 0 aliphatic heterocycles. The highest BCUT2D eigenvalue weighted by molar-refractivity contribution is 5.97. The third-order valence-electron chi connectivity index (χ3n) is 1.67. The molecule has 58 valence electrons. The summed E-state index contributed by atoms with van der Waals surface area (Å²) in [6, 6.07) is 1.94. The van der Waals surface area contributed by atoms with Gasteiger partial charge in [-0.2, -0.15) is 5.26 Å². The van der Waals surface area contributed by atoms with Crippen molar-refractivity contribution in [2.75, 3.05) is 6.54 Å². The minimum Gasteiger partial charge on any atom is -0.378 e. The van der Waals surface area contributed by atoms with Gasteiger partial charge in [-0.3, -0.25) is 4.79 Å². The van der Waals surface area contributed by atoms with E-state index in [1.165, 1.54) is 0 Å². The van der Waals surface area contributed by atoms with Crippen LogP contribution in [-0.4, -0.2) is 12.3 Å². The molecule has 0 aromatic rings. The van der Waals surface area contributed by atoms with Crippen LogP contribution >= 0.6 is 0 Å². The van der Waals surface area contributed by atoms with Crippen molar-refractivity contribution in [2.45, 2.75) is 19.3 Å². The monoisotopic (exact) mass is 150 g/mol. The lowest BCUT2D eigenvalue weighted by atomic mass is 10.2. The summed E-state index contributed by atoms with van der Waals surface area (Å²) < 4.78 is 0. The highest BCUT2D eigenvalue weighted by Crippen LogP contribution is 2.18. The van der Waals surface area contributed by atoms with Crippen molar-refractivity contribution in [3.8, 4) is 6.07 Å². The third-order valence-corrected chi connectivity index (χ3v) is 1.67. The van der Waals surface area contributed by atoms with E-state index in [4.69, 9.17) is 5.26 Å². The van der Waals surface area contributed by atoms with Crippen LogP contribution < -0.4 is 5.32 Å². The Bertz CT molecular complexity index is 225. The summed E-state index contributed by atoms with van der Waals surface area (Å²) in [5, 5.41) is 10.9. The van der Waals surface area contributed by atoms with Crippen LogP contribution in [0.25, 0.3) is 0 Å². The Morgan fingerprint density at radius 1 is 1.64 bits per heavy atom. The molecule has 3 heteroatoms. The van der Waals surface area contributed by atoms with Crippen molar-refractivity contribution < 1.29 is 4.79 Å². The largest absolute Gasteiger partial charge is 0.378 e. The summed E-state index contributed by atoms with van der Waals surface area (Å²) in [5.41, 5.74) is 0.834. The first-order valence-corrected chi connectivity index (χ1v) is 3.67. The lowest BCUT2D eigenvalue weighted by molar-refractivity contribution is -0.114. The molecule has 1 aliphatic carbocycles. The Kier molecular flexibility index (Phi) is 2.67. The normalized spacial score (nSPS) is 20.3. The maximum absolute atomic E-state index is 11.0. The van der Waals surface area contributed by atoms with Gasteiger partial charge in [-0.25, -0.2) is 0 Å². The number of Topliss-reactive ketones (excluding diaryl/α,β-unsaturated/α-hetero) is 1. The number of nitrogens with zero attached hydrogens (tertiary/aromatic N) is 1. The first kappa shape index (κ1) is 7.80. The van der Waals surface area contributed by atoms with E-state index in [1.807, 2.05) is 6.07 Å². The van der Waals surface area contributed by atoms with Crippen LogP contribution in [0, 0.1) is 11.3 Å². The fraction of sp³-hybridized carbons (Fsp3) is 0.500. The van der Waals surface area contributed by atoms with E-state index < -0.39 is 0 Å². The number of hydrogen-bond acceptors (Lipinski definition) is 3. The number of carbonyl (C=O) groups is 1. The van der Waals surface area contributed by atoms with Crippen LogP contribution in [0.4, 0.5) is 0 Å². The zero-order chi connectivity index (χ0) is 8.10. The van der Waals surface area contributed by atoms with Crippen LogP contribution in [0.2, 0.25) is 0 Å². The highest BCUT2D eigenvalue weighted by atomic mass is 16.1. The zero-order valence-electron chi connectivity index (χ0n) is 6.26. The van der Waals surface area contributed by atoms with Crippen LogP contribution in [0.3, 0.4) is 0 Å². The minimum absolute atomic E-state index is 0.218. The van der Waals surface area contributed by atoms with E-state index >= 15 is 0 Å². The lowest BCUT2D eigenvalue weighted by Gasteiger charge is -1.93. The number of nitrogens with one attached hydrogen (secondary N) is 1. The van der Waals surface area contributed by atoms with Crippen LogP contribution in [0.15, 0.2) is 11.8 Å². The molecule has 0 atom stereocenters. The molecule has 0 aromatic heterocycles. The Balaban J connectivity index is 2.40. The molecule has 1 fully saturated rings. The molecule has 1 aliphatic rings. The predicted molar refractivity (Wildman–Crippen MR) is 40.6 cm³/mol. The molecule has 3 nitrogen and oxygen atoms in total. The smallest absolute Gasteiger partial charge is 0.160 e. The molecule has 0 saturated heterocycles. The van der Waals surface area contributed by atoms with Gasteiger partial charge in [-0.15, -0.1) is 0 Å². The summed E-state index contributed by atoms with van der Waals surface area (Å²) in [7, 11) is 0. The minimum atomic E-state index is 0.218. The van der Waals surface area contributed by atoms with Crippen LogP contribution in [-0.2, 0) is 4.79 Å². The quantitative estimate of drug-likeness (QED) is 0.359. The maximum atomic E-state index is 11.0.